The molecule has 7 heteroatoms. The van der Waals surface area contributed by atoms with Crippen molar-refractivity contribution in [1.29, 1.82) is 0 Å². The minimum absolute atomic E-state index is 0. The number of amides is 1. The smallest absolute Gasteiger partial charge is 0.271 e. The summed E-state index contributed by atoms with van der Waals surface area (Å²) in [7, 11) is 0. The summed E-state index contributed by atoms with van der Waals surface area (Å²) in [4.78, 5) is 14.5. The fourth-order valence-corrected chi connectivity index (χ4v) is 3.06. The van der Waals surface area contributed by atoms with Crippen molar-refractivity contribution in [2.24, 2.45) is 5.92 Å². The van der Waals surface area contributed by atoms with Gasteiger partial charge in [-0.15, -0.1) is 12.4 Å². The highest BCUT2D eigenvalue weighted by atomic mass is 35.5. The fourth-order valence-electron chi connectivity index (χ4n) is 3.06. The molecule has 1 aliphatic heterocycles. The maximum atomic E-state index is 13.0. The van der Waals surface area contributed by atoms with E-state index in [1.165, 1.54) is 12.1 Å². The Morgan fingerprint density at radius 3 is 2.64 bits per heavy atom. The molecule has 0 aliphatic carbocycles. The quantitative estimate of drug-likeness (QED) is 0.854. The number of carbonyl (C=O) groups excluding carboxylic acids is 1. The van der Waals surface area contributed by atoms with Gasteiger partial charge in [-0.1, -0.05) is 6.92 Å². The van der Waals surface area contributed by atoms with Gasteiger partial charge in [0.2, 0.25) is 0 Å². The monoisotopic (exact) mass is 366 g/mol. The molecule has 1 aromatic heterocycles. The van der Waals surface area contributed by atoms with Gasteiger partial charge < -0.3 is 10.2 Å². The van der Waals surface area contributed by atoms with Crippen LogP contribution in [0.2, 0.25) is 0 Å². The molecule has 25 heavy (non-hydrogen) atoms. The van der Waals surface area contributed by atoms with Crippen LogP contribution in [0.5, 0.6) is 0 Å². The summed E-state index contributed by atoms with van der Waals surface area (Å²) in [6, 6.07) is 7.83. The van der Waals surface area contributed by atoms with Gasteiger partial charge in [0.15, 0.2) is 0 Å². The van der Waals surface area contributed by atoms with E-state index in [1.54, 1.807) is 18.2 Å². The predicted octanol–water partition coefficient (Wildman–Crippen LogP) is 3.10. The Bertz CT molecular complexity index is 681. The highest BCUT2D eigenvalue weighted by Gasteiger charge is 2.24. The number of aromatic amines is 1. The first-order valence-corrected chi connectivity index (χ1v) is 8.48. The van der Waals surface area contributed by atoms with Crippen molar-refractivity contribution in [2.45, 2.75) is 19.8 Å². The van der Waals surface area contributed by atoms with Crippen molar-refractivity contribution in [3.63, 3.8) is 0 Å². The number of hydrogen-bond donors (Lipinski definition) is 2. The Hall–Kier alpha value is -1.92. The Labute approximate surface area is 153 Å². The van der Waals surface area contributed by atoms with Gasteiger partial charge in [-0.3, -0.25) is 9.89 Å². The predicted molar refractivity (Wildman–Crippen MR) is 98.4 cm³/mol. The molecule has 3 rings (SSSR count). The second kappa shape index (κ2) is 8.97. The first-order chi connectivity index (χ1) is 11.7. The van der Waals surface area contributed by atoms with Gasteiger partial charge in [0.1, 0.15) is 11.5 Å². The Morgan fingerprint density at radius 1 is 1.32 bits per heavy atom. The van der Waals surface area contributed by atoms with Crippen LogP contribution in [0.1, 0.15) is 30.3 Å². The number of nitrogens with one attached hydrogen (secondary N) is 2. The molecule has 0 radical (unpaired) electrons. The molecule has 0 saturated carbocycles. The number of carbonyl (C=O) groups is 1. The minimum atomic E-state index is -0.286. The van der Waals surface area contributed by atoms with E-state index >= 15 is 0 Å². The van der Waals surface area contributed by atoms with Crippen LogP contribution in [0.4, 0.5) is 4.39 Å². The number of halogens is 2. The van der Waals surface area contributed by atoms with Gasteiger partial charge in [-0.05, 0) is 62.2 Å². The third kappa shape index (κ3) is 4.80. The zero-order chi connectivity index (χ0) is 16.9. The lowest BCUT2D eigenvalue weighted by atomic mass is 9.96. The van der Waals surface area contributed by atoms with Crippen LogP contribution >= 0.6 is 12.4 Å². The molecule has 1 aliphatic rings. The number of piperidine rings is 1. The Kier molecular flexibility index (Phi) is 6.96. The third-order valence-corrected chi connectivity index (χ3v) is 4.53. The Morgan fingerprint density at radius 2 is 2.00 bits per heavy atom. The SMILES string of the molecule is CCNCC1CCN(C(=O)c2cc(-c3ccc(F)cc3)n[nH]2)CC1.Cl. The topological polar surface area (TPSA) is 61.0 Å². The summed E-state index contributed by atoms with van der Waals surface area (Å²) in [5.41, 5.74) is 1.93. The Balaban J connectivity index is 0.00000225. The molecule has 136 valence electrons. The lowest BCUT2D eigenvalue weighted by Gasteiger charge is -2.31. The second-order valence-corrected chi connectivity index (χ2v) is 6.22. The van der Waals surface area contributed by atoms with Gasteiger partial charge in [-0.25, -0.2) is 4.39 Å². The molecule has 1 fully saturated rings. The van der Waals surface area contributed by atoms with Crippen LogP contribution in [0.15, 0.2) is 30.3 Å². The van der Waals surface area contributed by atoms with Crippen molar-refractivity contribution in [1.82, 2.24) is 20.4 Å². The molecule has 2 N–H and O–H groups in total. The third-order valence-electron chi connectivity index (χ3n) is 4.53. The molecule has 2 aromatic rings. The van der Waals surface area contributed by atoms with Crippen LogP contribution in [0.25, 0.3) is 11.3 Å². The summed E-state index contributed by atoms with van der Waals surface area (Å²) in [6.07, 6.45) is 2.05. The number of nitrogens with zero attached hydrogens (tertiary/aromatic N) is 2. The molecule has 1 amide bonds. The highest BCUT2D eigenvalue weighted by molar-refractivity contribution is 5.93. The van der Waals surface area contributed by atoms with Crippen molar-refractivity contribution >= 4 is 18.3 Å². The van der Waals surface area contributed by atoms with Gasteiger partial charge in [-0.2, -0.15) is 5.10 Å². The summed E-state index contributed by atoms with van der Waals surface area (Å²) in [6.45, 7) is 5.67. The van der Waals surface area contributed by atoms with E-state index in [0.29, 0.717) is 17.3 Å². The molecule has 2 heterocycles. The number of hydrogen-bond acceptors (Lipinski definition) is 3. The maximum absolute atomic E-state index is 13.0. The van der Waals surface area contributed by atoms with Crippen LogP contribution < -0.4 is 5.32 Å². The van der Waals surface area contributed by atoms with E-state index < -0.39 is 0 Å². The van der Waals surface area contributed by atoms with Gasteiger partial charge in [0.25, 0.3) is 5.91 Å². The van der Waals surface area contributed by atoms with Crippen LogP contribution in [-0.4, -0.2) is 47.2 Å². The molecule has 0 unspecified atom stereocenters. The zero-order valence-corrected chi connectivity index (χ0v) is 15.1. The summed E-state index contributed by atoms with van der Waals surface area (Å²) >= 11 is 0. The number of aromatic nitrogens is 2. The molecule has 5 nitrogen and oxygen atoms in total. The highest BCUT2D eigenvalue weighted by Crippen LogP contribution is 2.21. The van der Waals surface area contributed by atoms with Crippen LogP contribution in [-0.2, 0) is 0 Å². The number of H-pyrrole nitrogens is 1. The molecule has 0 bridgehead atoms. The second-order valence-electron chi connectivity index (χ2n) is 6.22. The fraction of sp³-hybridized carbons (Fsp3) is 0.444. The standard InChI is InChI=1S/C18H23FN4O.ClH/c1-2-20-12-13-7-9-23(10-8-13)18(24)17-11-16(21-22-17)14-3-5-15(19)6-4-14;/h3-6,11,13,20H,2,7-10,12H2,1H3,(H,21,22);1H. The first-order valence-electron chi connectivity index (χ1n) is 8.48. The largest absolute Gasteiger partial charge is 0.337 e. The molecule has 1 saturated heterocycles. The normalized spacial score (nSPS) is 15.0. The number of rotatable bonds is 5. The maximum Gasteiger partial charge on any atom is 0.271 e. The van der Waals surface area contributed by atoms with E-state index in [4.69, 9.17) is 0 Å². The lowest BCUT2D eigenvalue weighted by molar-refractivity contribution is 0.0684. The molecular formula is C18H24ClFN4O. The molecule has 0 spiro atoms. The average Bonchev–Trinajstić information content (AvgIpc) is 3.10. The van der Waals surface area contributed by atoms with Crippen LogP contribution in [0.3, 0.4) is 0 Å². The first kappa shape index (κ1) is 19.4. The number of likely N-dealkylation sites (tertiary alicyclic amines) is 1. The molecule has 0 atom stereocenters. The van der Waals surface area contributed by atoms with E-state index in [0.717, 1.165) is 44.6 Å². The van der Waals surface area contributed by atoms with E-state index in [-0.39, 0.29) is 24.1 Å². The molecule has 1 aromatic carbocycles. The van der Waals surface area contributed by atoms with E-state index in [9.17, 15) is 9.18 Å². The lowest BCUT2D eigenvalue weighted by Crippen LogP contribution is -2.40. The summed E-state index contributed by atoms with van der Waals surface area (Å²) in [5, 5.41) is 10.4. The van der Waals surface area contributed by atoms with Crippen molar-refractivity contribution < 1.29 is 9.18 Å². The van der Waals surface area contributed by atoms with Crippen molar-refractivity contribution in [3.05, 3.63) is 41.8 Å². The summed E-state index contributed by atoms with van der Waals surface area (Å²) < 4.78 is 13.0. The minimum Gasteiger partial charge on any atom is -0.337 e. The number of benzene rings is 1. The van der Waals surface area contributed by atoms with Gasteiger partial charge >= 0.3 is 0 Å². The van der Waals surface area contributed by atoms with E-state index in [1.807, 2.05) is 4.90 Å². The van der Waals surface area contributed by atoms with E-state index in [2.05, 4.69) is 22.4 Å². The van der Waals surface area contributed by atoms with Crippen molar-refractivity contribution in [3.8, 4) is 11.3 Å². The average molecular weight is 367 g/mol. The van der Waals surface area contributed by atoms with Gasteiger partial charge in [0.05, 0.1) is 5.69 Å². The molecular weight excluding hydrogens is 343 g/mol. The van der Waals surface area contributed by atoms with Crippen molar-refractivity contribution in [2.75, 3.05) is 26.2 Å². The summed E-state index contributed by atoms with van der Waals surface area (Å²) in [5.74, 6) is 0.342. The van der Waals surface area contributed by atoms with Gasteiger partial charge in [0, 0.05) is 18.7 Å². The van der Waals surface area contributed by atoms with Crippen LogP contribution in [0, 0.1) is 11.7 Å². The zero-order valence-electron chi connectivity index (χ0n) is 14.3.